The number of aliphatic carboxylic acids is 1. The van der Waals surface area contributed by atoms with Crippen LogP contribution in [0.15, 0.2) is 94.5 Å². The maximum absolute atomic E-state index is 10.7. The SMILES string of the molecule is Cc1oc(-c2ccccc2)nc1COc1ccc(CO/N=C(\CCCCC(=O)[O-])c2ccccc2)cc1. The van der Waals surface area contributed by atoms with E-state index >= 15 is 0 Å². The van der Waals surface area contributed by atoms with Crippen molar-refractivity contribution in [1.29, 1.82) is 0 Å². The third-order valence-electron chi connectivity index (χ3n) is 5.77. The molecule has 0 atom stereocenters. The van der Waals surface area contributed by atoms with Crippen molar-refractivity contribution in [3.05, 3.63) is 108 Å². The predicted octanol–water partition coefficient (Wildman–Crippen LogP) is 5.46. The molecule has 7 heteroatoms. The summed E-state index contributed by atoms with van der Waals surface area (Å²) in [6.45, 7) is 2.49. The molecule has 1 heterocycles. The zero-order valence-corrected chi connectivity index (χ0v) is 20.8. The van der Waals surface area contributed by atoms with Gasteiger partial charge >= 0.3 is 0 Å². The van der Waals surface area contributed by atoms with Gasteiger partial charge < -0.3 is 23.9 Å². The summed E-state index contributed by atoms with van der Waals surface area (Å²) in [4.78, 5) is 20.9. The van der Waals surface area contributed by atoms with Crippen LogP contribution >= 0.6 is 0 Å². The zero-order chi connectivity index (χ0) is 25.9. The molecule has 4 aromatic rings. The Balaban J connectivity index is 1.30. The number of oxime groups is 1. The number of aryl methyl sites for hydroxylation is 1. The van der Waals surface area contributed by atoms with E-state index < -0.39 is 5.97 Å². The van der Waals surface area contributed by atoms with Gasteiger partial charge in [0.25, 0.3) is 0 Å². The molecule has 0 aliphatic carbocycles. The van der Waals surface area contributed by atoms with Crippen LogP contribution < -0.4 is 9.84 Å². The number of hydrogen-bond donors (Lipinski definition) is 0. The predicted molar refractivity (Wildman–Crippen MR) is 139 cm³/mol. The number of hydrogen-bond acceptors (Lipinski definition) is 7. The van der Waals surface area contributed by atoms with Crippen molar-refractivity contribution >= 4 is 11.7 Å². The quantitative estimate of drug-likeness (QED) is 0.138. The maximum Gasteiger partial charge on any atom is 0.226 e. The second-order valence-corrected chi connectivity index (χ2v) is 8.58. The average molecular weight is 498 g/mol. The smallest absolute Gasteiger partial charge is 0.226 e. The van der Waals surface area contributed by atoms with Gasteiger partial charge in [-0.05, 0) is 68.0 Å². The van der Waals surface area contributed by atoms with E-state index in [1.165, 1.54) is 0 Å². The molecule has 0 bridgehead atoms. The Hall–Kier alpha value is -4.39. The summed E-state index contributed by atoms with van der Waals surface area (Å²) >= 11 is 0. The van der Waals surface area contributed by atoms with Crippen LogP contribution in [0.5, 0.6) is 5.75 Å². The molecule has 0 amide bonds. The first-order valence-corrected chi connectivity index (χ1v) is 12.3. The molecule has 0 radical (unpaired) electrons. The van der Waals surface area contributed by atoms with Crippen molar-refractivity contribution in [3.63, 3.8) is 0 Å². The first-order valence-electron chi connectivity index (χ1n) is 12.3. The van der Waals surface area contributed by atoms with Gasteiger partial charge in [-0.2, -0.15) is 0 Å². The van der Waals surface area contributed by atoms with Crippen molar-refractivity contribution in [3.8, 4) is 17.2 Å². The number of carbonyl (C=O) groups is 1. The molecule has 0 aliphatic heterocycles. The highest BCUT2D eigenvalue weighted by Crippen LogP contribution is 2.23. The lowest BCUT2D eigenvalue weighted by molar-refractivity contribution is -0.305. The molecule has 190 valence electrons. The van der Waals surface area contributed by atoms with E-state index in [4.69, 9.17) is 14.0 Å². The number of nitrogens with zero attached hydrogens (tertiary/aromatic N) is 2. The molecule has 0 saturated carbocycles. The highest BCUT2D eigenvalue weighted by molar-refractivity contribution is 6.00. The molecule has 0 aliphatic rings. The Morgan fingerprint density at radius 1 is 0.892 bits per heavy atom. The minimum atomic E-state index is -1.03. The topological polar surface area (TPSA) is 97.0 Å². The Labute approximate surface area is 216 Å². The van der Waals surface area contributed by atoms with Crippen molar-refractivity contribution in [1.82, 2.24) is 4.98 Å². The van der Waals surface area contributed by atoms with Gasteiger partial charge in [-0.1, -0.05) is 65.8 Å². The molecule has 0 saturated heterocycles. The van der Waals surface area contributed by atoms with Gasteiger partial charge in [0, 0.05) is 11.5 Å². The lowest BCUT2D eigenvalue weighted by Crippen LogP contribution is -2.21. The summed E-state index contributed by atoms with van der Waals surface area (Å²) in [5, 5.41) is 15.0. The van der Waals surface area contributed by atoms with Gasteiger partial charge in [0.15, 0.2) is 0 Å². The maximum atomic E-state index is 10.7. The van der Waals surface area contributed by atoms with E-state index in [-0.39, 0.29) is 6.42 Å². The minimum Gasteiger partial charge on any atom is -0.550 e. The molecule has 4 rings (SSSR count). The van der Waals surface area contributed by atoms with E-state index in [1.54, 1.807) is 0 Å². The van der Waals surface area contributed by atoms with Gasteiger partial charge in [-0.25, -0.2) is 4.98 Å². The number of benzene rings is 3. The van der Waals surface area contributed by atoms with Gasteiger partial charge in [-0.3, -0.25) is 0 Å². The van der Waals surface area contributed by atoms with Crippen LogP contribution in [0.25, 0.3) is 11.5 Å². The first kappa shape index (κ1) is 25.7. The van der Waals surface area contributed by atoms with Crippen LogP contribution in [-0.4, -0.2) is 16.7 Å². The summed E-state index contributed by atoms with van der Waals surface area (Å²) in [5.74, 6) is 0.998. The van der Waals surface area contributed by atoms with Crippen molar-refractivity contribution < 1.29 is 23.9 Å². The van der Waals surface area contributed by atoms with Gasteiger partial charge in [-0.15, -0.1) is 0 Å². The summed E-state index contributed by atoms with van der Waals surface area (Å²) in [6, 6.07) is 27.1. The van der Waals surface area contributed by atoms with Crippen molar-refractivity contribution in [2.45, 2.75) is 45.8 Å². The lowest BCUT2D eigenvalue weighted by Gasteiger charge is -2.09. The largest absolute Gasteiger partial charge is 0.550 e. The van der Waals surface area contributed by atoms with Crippen LogP contribution in [-0.2, 0) is 22.8 Å². The number of carboxylic acids is 1. The molecule has 1 aromatic heterocycles. The molecule has 37 heavy (non-hydrogen) atoms. The summed E-state index contributed by atoms with van der Waals surface area (Å²) in [5.41, 5.74) is 4.38. The summed E-state index contributed by atoms with van der Waals surface area (Å²) in [7, 11) is 0. The Bertz CT molecular complexity index is 1300. The standard InChI is InChI=1S/C30H30N2O5/c1-22-28(31-30(37-22)25-12-6-3-7-13-25)21-35-26-18-16-23(17-19-26)20-36-32-27(14-8-9-15-29(33)34)24-10-4-2-5-11-24/h2-7,10-13,16-19H,8-9,14-15,20-21H2,1H3,(H,33,34)/p-1/b32-27+. The molecule has 3 aromatic carbocycles. The third-order valence-corrected chi connectivity index (χ3v) is 5.77. The Kier molecular flexibility index (Phi) is 9.07. The number of rotatable bonds is 13. The second kappa shape index (κ2) is 13.1. The molecular formula is C30H29N2O5-. The van der Waals surface area contributed by atoms with Gasteiger partial charge in [0.1, 0.15) is 30.4 Å². The van der Waals surface area contributed by atoms with Crippen molar-refractivity contribution in [2.75, 3.05) is 0 Å². The number of aromatic nitrogens is 1. The zero-order valence-electron chi connectivity index (χ0n) is 20.8. The molecule has 0 fully saturated rings. The minimum absolute atomic E-state index is 0.0434. The van der Waals surface area contributed by atoms with Gasteiger partial charge in [0.05, 0.1) is 5.71 Å². The highest BCUT2D eigenvalue weighted by atomic mass is 16.6. The Morgan fingerprint density at radius 3 is 2.27 bits per heavy atom. The average Bonchev–Trinajstić information content (AvgIpc) is 3.30. The van der Waals surface area contributed by atoms with E-state index in [2.05, 4.69) is 10.1 Å². The van der Waals surface area contributed by atoms with E-state index in [0.29, 0.717) is 44.1 Å². The molecule has 0 unspecified atom stereocenters. The first-order chi connectivity index (χ1) is 18.1. The fourth-order valence-electron chi connectivity index (χ4n) is 3.72. The summed E-state index contributed by atoms with van der Waals surface area (Å²) < 4.78 is 11.7. The highest BCUT2D eigenvalue weighted by Gasteiger charge is 2.12. The molecule has 0 spiro atoms. The summed E-state index contributed by atoms with van der Waals surface area (Å²) in [6.07, 6.45) is 1.89. The normalized spacial score (nSPS) is 11.3. The van der Waals surface area contributed by atoms with E-state index in [1.807, 2.05) is 91.9 Å². The van der Waals surface area contributed by atoms with E-state index in [9.17, 15) is 9.90 Å². The number of unbranched alkanes of at least 4 members (excludes halogenated alkanes) is 1. The molecule has 7 nitrogen and oxygen atoms in total. The second-order valence-electron chi connectivity index (χ2n) is 8.58. The number of ether oxygens (including phenoxy) is 1. The fourth-order valence-corrected chi connectivity index (χ4v) is 3.72. The molecular weight excluding hydrogens is 468 g/mol. The molecule has 0 N–H and O–H groups in total. The van der Waals surface area contributed by atoms with Crippen LogP contribution in [0.2, 0.25) is 0 Å². The number of carboxylic acid groups (broad SMARTS) is 1. The van der Waals surface area contributed by atoms with Gasteiger partial charge in [0.2, 0.25) is 5.89 Å². The Morgan fingerprint density at radius 2 is 1.57 bits per heavy atom. The monoisotopic (exact) mass is 497 g/mol. The lowest BCUT2D eigenvalue weighted by atomic mass is 10.0. The third kappa shape index (κ3) is 7.80. The fraction of sp³-hybridized carbons (Fsp3) is 0.233. The number of oxazole rings is 1. The van der Waals surface area contributed by atoms with Crippen molar-refractivity contribution in [2.24, 2.45) is 5.16 Å². The van der Waals surface area contributed by atoms with Crippen LogP contribution in [0.1, 0.15) is 48.3 Å². The van der Waals surface area contributed by atoms with Crippen LogP contribution in [0, 0.1) is 6.92 Å². The number of carbonyl (C=O) groups excluding carboxylic acids is 1. The van der Waals surface area contributed by atoms with Crippen LogP contribution in [0.4, 0.5) is 0 Å². The van der Waals surface area contributed by atoms with Crippen LogP contribution in [0.3, 0.4) is 0 Å². The van der Waals surface area contributed by atoms with E-state index in [0.717, 1.165) is 33.9 Å².